The first-order chi connectivity index (χ1) is 8.54. The minimum Gasteiger partial charge on any atom is -0.480 e. The van der Waals surface area contributed by atoms with Crippen LogP contribution < -0.4 is 5.32 Å². The molecule has 7 heteroatoms. The van der Waals surface area contributed by atoms with Gasteiger partial charge < -0.3 is 15.2 Å². The standard InChI is InChI=1S/C11H10F2N2O3/c12-8-3-7(5-14)4-9(13)11(8)15-1-2-18-6-10(16)17/h3-4,15H,1-2,6H2,(H,16,17). The number of nitrogens with one attached hydrogen (secondary N) is 1. The molecule has 0 heterocycles. The molecule has 0 unspecified atom stereocenters. The van der Waals surface area contributed by atoms with Crippen LogP contribution in [0.25, 0.3) is 0 Å². The van der Waals surface area contributed by atoms with Gasteiger partial charge in [0.25, 0.3) is 0 Å². The van der Waals surface area contributed by atoms with Gasteiger partial charge >= 0.3 is 5.97 Å². The zero-order valence-corrected chi connectivity index (χ0v) is 9.24. The normalized spacial score (nSPS) is 9.83. The lowest BCUT2D eigenvalue weighted by Crippen LogP contribution is -2.15. The van der Waals surface area contributed by atoms with E-state index in [0.717, 1.165) is 12.1 Å². The van der Waals surface area contributed by atoms with Crippen LogP contribution in [0.5, 0.6) is 0 Å². The lowest BCUT2D eigenvalue weighted by atomic mass is 10.2. The van der Waals surface area contributed by atoms with Crippen LogP contribution in [0.2, 0.25) is 0 Å². The summed E-state index contributed by atoms with van der Waals surface area (Å²) in [4.78, 5) is 10.1. The molecule has 0 radical (unpaired) electrons. The van der Waals surface area contributed by atoms with Crippen molar-refractivity contribution in [1.82, 2.24) is 0 Å². The van der Waals surface area contributed by atoms with Gasteiger partial charge in [-0.25, -0.2) is 13.6 Å². The summed E-state index contributed by atoms with van der Waals surface area (Å²) in [5, 5.41) is 19.2. The Kier molecular flexibility index (Phi) is 5.02. The molecule has 96 valence electrons. The van der Waals surface area contributed by atoms with E-state index in [-0.39, 0.29) is 24.4 Å². The molecule has 0 aliphatic carbocycles. The molecule has 0 aromatic heterocycles. The molecule has 0 saturated heterocycles. The van der Waals surface area contributed by atoms with E-state index in [1.54, 1.807) is 6.07 Å². The highest BCUT2D eigenvalue weighted by atomic mass is 19.1. The van der Waals surface area contributed by atoms with E-state index in [4.69, 9.17) is 10.4 Å². The van der Waals surface area contributed by atoms with Gasteiger partial charge in [-0.1, -0.05) is 0 Å². The van der Waals surface area contributed by atoms with E-state index < -0.39 is 24.2 Å². The molecule has 18 heavy (non-hydrogen) atoms. The Bertz CT molecular complexity index is 463. The van der Waals surface area contributed by atoms with Gasteiger partial charge in [0.2, 0.25) is 0 Å². The lowest BCUT2D eigenvalue weighted by molar-refractivity contribution is -0.142. The second kappa shape index (κ2) is 6.51. The van der Waals surface area contributed by atoms with Crippen molar-refractivity contribution in [3.8, 4) is 6.07 Å². The van der Waals surface area contributed by atoms with Crippen LogP contribution >= 0.6 is 0 Å². The first kappa shape index (κ1) is 13.9. The van der Waals surface area contributed by atoms with E-state index in [1.807, 2.05) is 0 Å². The Morgan fingerprint density at radius 3 is 2.56 bits per heavy atom. The smallest absolute Gasteiger partial charge is 0.329 e. The summed E-state index contributed by atoms with van der Waals surface area (Å²) in [7, 11) is 0. The van der Waals surface area contributed by atoms with Crippen LogP contribution in [0.3, 0.4) is 0 Å². The van der Waals surface area contributed by atoms with Crippen LogP contribution in [0, 0.1) is 23.0 Å². The predicted molar refractivity (Wildman–Crippen MR) is 58.0 cm³/mol. The van der Waals surface area contributed by atoms with Gasteiger partial charge in [0.05, 0.1) is 18.2 Å². The van der Waals surface area contributed by atoms with E-state index in [9.17, 15) is 13.6 Å². The van der Waals surface area contributed by atoms with Crippen LogP contribution in [0.15, 0.2) is 12.1 Å². The SMILES string of the molecule is N#Cc1cc(F)c(NCCOCC(=O)O)c(F)c1. The highest BCUT2D eigenvalue weighted by Gasteiger charge is 2.10. The third kappa shape index (κ3) is 3.99. The average Bonchev–Trinajstić information content (AvgIpc) is 2.31. The third-order valence-corrected chi connectivity index (χ3v) is 1.94. The van der Waals surface area contributed by atoms with E-state index >= 15 is 0 Å². The van der Waals surface area contributed by atoms with Gasteiger partial charge in [0.1, 0.15) is 12.3 Å². The summed E-state index contributed by atoms with van der Waals surface area (Å²) >= 11 is 0. The zero-order chi connectivity index (χ0) is 13.5. The van der Waals surface area contributed by atoms with Gasteiger partial charge in [-0.05, 0) is 12.1 Å². The molecule has 2 N–H and O–H groups in total. The van der Waals surface area contributed by atoms with E-state index in [2.05, 4.69) is 10.1 Å². The average molecular weight is 256 g/mol. The second-order valence-corrected chi connectivity index (χ2v) is 3.30. The summed E-state index contributed by atoms with van der Waals surface area (Å²) < 4.78 is 31.4. The molecule has 0 spiro atoms. The highest BCUT2D eigenvalue weighted by molar-refractivity contribution is 5.68. The molecule has 5 nitrogen and oxygen atoms in total. The quantitative estimate of drug-likeness (QED) is 0.751. The topological polar surface area (TPSA) is 82.3 Å². The number of hydrogen-bond donors (Lipinski definition) is 2. The summed E-state index contributed by atoms with van der Waals surface area (Å²) in [5.41, 5.74) is -0.481. The number of anilines is 1. The van der Waals surface area contributed by atoms with E-state index in [0.29, 0.717) is 0 Å². The van der Waals surface area contributed by atoms with Crippen molar-refractivity contribution in [2.24, 2.45) is 0 Å². The monoisotopic (exact) mass is 256 g/mol. The number of ether oxygens (including phenoxy) is 1. The molecule has 0 aliphatic heterocycles. The molecule has 0 bridgehead atoms. The first-order valence-electron chi connectivity index (χ1n) is 4.97. The molecular formula is C11H10F2N2O3. The Morgan fingerprint density at radius 2 is 2.06 bits per heavy atom. The molecule has 0 aliphatic rings. The van der Waals surface area contributed by atoms with Crippen LogP contribution in [-0.2, 0) is 9.53 Å². The fraction of sp³-hybridized carbons (Fsp3) is 0.273. The Labute approximate surface area is 102 Å². The fourth-order valence-electron chi connectivity index (χ4n) is 1.21. The number of nitrogens with zero attached hydrogens (tertiary/aromatic N) is 1. The predicted octanol–water partition coefficient (Wildman–Crippen LogP) is 1.35. The second-order valence-electron chi connectivity index (χ2n) is 3.30. The van der Waals surface area contributed by atoms with Crippen molar-refractivity contribution in [1.29, 1.82) is 5.26 Å². The number of benzene rings is 1. The molecule has 1 aromatic rings. The number of carboxylic acids is 1. The van der Waals surface area contributed by atoms with Crippen molar-refractivity contribution >= 4 is 11.7 Å². The van der Waals surface area contributed by atoms with Gasteiger partial charge in [-0.15, -0.1) is 0 Å². The minimum atomic E-state index is -1.12. The molecule has 0 fully saturated rings. The Balaban J connectivity index is 2.53. The molecule has 0 atom stereocenters. The third-order valence-electron chi connectivity index (χ3n) is 1.94. The molecule has 1 aromatic carbocycles. The molecular weight excluding hydrogens is 246 g/mol. The van der Waals surface area contributed by atoms with Crippen molar-refractivity contribution in [2.75, 3.05) is 25.1 Å². The van der Waals surface area contributed by atoms with Crippen molar-refractivity contribution in [3.05, 3.63) is 29.3 Å². The number of nitriles is 1. The minimum absolute atomic E-state index is 0.00875. The van der Waals surface area contributed by atoms with Crippen LogP contribution in [0.4, 0.5) is 14.5 Å². The maximum atomic E-state index is 13.3. The number of rotatable bonds is 6. The lowest BCUT2D eigenvalue weighted by Gasteiger charge is -2.08. The molecule has 1 rings (SSSR count). The molecule has 0 saturated carbocycles. The van der Waals surface area contributed by atoms with Crippen molar-refractivity contribution in [2.45, 2.75) is 0 Å². The number of aliphatic carboxylic acids is 1. The zero-order valence-electron chi connectivity index (χ0n) is 9.24. The van der Waals surface area contributed by atoms with Crippen LogP contribution in [0.1, 0.15) is 5.56 Å². The number of hydrogen-bond acceptors (Lipinski definition) is 4. The summed E-state index contributed by atoms with van der Waals surface area (Å²) in [6.45, 7) is -0.432. The number of carboxylic acid groups (broad SMARTS) is 1. The fourth-order valence-corrected chi connectivity index (χ4v) is 1.21. The van der Waals surface area contributed by atoms with Crippen LogP contribution in [-0.4, -0.2) is 30.8 Å². The Hall–Kier alpha value is -2.20. The van der Waals surface area contributed by atoms with Gasteiger partial charge in [0, 0.05) is 6.54 Å². The maximum absolute atomic E-state index is 13.3. The van der Waals surface area contributed by atoms with Crippen molar-refractivity contribution < 1.29 is 23.4 Å². The van der Waals surface area contributed by atoms with Gasteiger partial charge in [0.15, 0.2) is 11.6 Å². The highest BCUT2D eigenvalue weighted by Crippen LogP contribution is 2.20. The number of halogens is 2. The van der Waals surface area contributed by atoms with Gasteiger partial charge in [-0.3, -0.25) is 0 Å². The largest absolute Gasteiger partial charge is 0.480 e. The maximum Gasteiger partial charge on any atom is 0.329 e. The number of carbonyl (C=O) groups is 1. The summed E-state index contributed by atoms with van der Waals surface area (Å²) in [5.74, 6) is -2.89. The van der Waals surface area contributed by atoms with Gasteiger partial charge in [-0.2, -0.15) is 5.26 Å². The first-order valence-corrected chi connectivity index (χ1v) is 4.97. The van der Waals surface area contributed by atoms with E-state index in [1.165, 1.54) is 0 Å². The Morgan fingerprint density at radius 1 is 1.44 bits per heavy atom. The van der Waals surface area contributed by atoms with Crippen molar-refractivity contribution in [3.63, 3.8) is 0 Å². The summed E-state index contributed by atoms with van der Waals surface area (Å²) in [6, 6.07) is 3.44. The molecule has 0 amide bonds. The summed E-state index contributed by atoms with van der Waals surface area (Å²) in [6.07, 6.45) is 0.